The molecule has 0 fully saturated rings. The molecule has 2 aromatic carbocycles. The molecular weight excluding hydrogens is 791 g/mol. The Bertz CT molecular complexity index is 2250. The van der Waals surface area contributed by atoms with Gasteiger partial charge in [-0.1, -0.05) is 101 Å². The van der Waals surface area contributed by atoms with Gasteiger partial charge >= 0.3 is 0 Å². The van der Waals surface area contributed by atoms with Gasteiger partial charge in [-0.3, -0.25) is 9.97 Å². The van der Waals surface area contributed by atoms with Gasteiger partial charge in [0.1, 0.15) is 0 Å². The van der Waals surface area contributed by atoms with Gasteiger partial charge in [-0.25, -0.2) is 0 Å². The molecule has 0 atom stereocenters. The summed E-state index contributed by atoms with van der Waals surface area (Å²) < 4.78 is 4.49. The third-order valence-electron chi connectivity index (χ3n) is 12.2. The summed E-state index contributed by atoms with van der Waals surface area (Å²) in [4.78, 5) is 15.0. The van der Waals surface area contributed by atoms with E-state index in [2.05, 4.69) is 141 Å². The standard InChI is InChI=1S/C32H42N3.C12H13N2.Ir/c1-18-14-19-22(33-26(18)29(5,6)7)17-25(28(2,3)4)35-24-16-21-20(15-23(24)34-27(19)35)30(8,9)32(12,13)31(21,10)11;1-9-10(2)14(3)12(13-9)11-7-5-4-6-8-11;/h15-17H,1-13H3;4-7H,1-3H3;/q2*-1;. The van der Waals surface area contributed by atoms with Crippen LogP contribution in [0.2, 0.25) is 0 Å². The van der Waals surface area contributed by atoms with E-state index in [1.165, 1.54) is 28.0 Å². The molecule has 0 bridgehead atoms. The SMILES string of the molecule is Cc1[c-]c2c(cc(C(C)(C)C)n3c4cc5c(cc4nc23)C(C)(C)C(C)(C)C5(C)C)nc1C(C)(C)C.Cc1nc(-c2[c-]cccc2)n(C)c1C.[Ir]. The van der Waals surface area contributed by atoms with E-state index in [1.807, 2.05) is 38.2 Å². The normalized spacial score (nSPS) is 16.3. The van der Waals surface area contributed by atoms with Crippen LogP contribution in [0.15, 0.2) is 42.5 Å². The zero-order valence-corrected chi connectivity index (χ0v) is 35.5. The summed E-state index contributed by atoms with van der Waals surface area (Å²) in [6, 6.07) is 21.9. The quantitative estimate of drug-likeness (QED) is 0.155. The number of rotatable bonds is 1. The number of aromatic nitrogens is 5. The number of fused-ring (bicyclic) bond motifs is 6. The topological polar surface area (TPSA) is 48.0 Å². The Morgan fingerprint density at radius 1 is 0.740 bits per heavy atom. The molecule has 0 N–H and O–H groups in total. The minimum atomic E-state index is -0.0679. The Balaban J connectivity index is 0.000000271. The molecule has 50 heavy (non-hydrogen) atoms. The van der Waals surface area contributed by atoms with Crippen molar-refractivity contribution in [2.75, 3.05) is 0 Å². The maximum Gasteiger partial charge on any atom is 0.0777 e. The molecule has 6 aromatic rings. The minimum Gasteiger partial charge on any atom is -0.371 e. The fourth-order valence-corrected chi connectivity index (χ4v) is 7.84. The average Bonchev–Trinajstić information content (AvgIpc) is 3.54. The van der Waals surface area contributed by atoms with Gasteiger partial charge in [0.05, 0.1) is 22.5 Å². The van der Waals surface area contributed by atoms with E-state index in [1.54, 1.807) is 0 Å². The molecule has 7 rings (SSSR count). The molecule has 6 heteroatoms. The van der Waals surface area contributed by atoms with Crippen LogP contribution in [0.5, 0.6) is 0 Å². The predicted molar refractivity (Wildman–Crippen MR) is 206 cm³/mol. The fourth-order valence-electron chi connectivity index (χ4n) is 7.84. The number of nitrogens with zero attached hydrogens (tertiary/aromatic N) is 5. The average molecular weight is 846 g/mol. The summed E-state index contributed by atoms with van der Waals surface area (Å²) in [7, 11) is 2.03. The Morgan fingerprint density at radius 3 is 1.88 bits per heavy atom. The van der Waals surface area contributed by atoms with Crippen LogP contribution in [-0.4, -0.2) is 23.9 Å². The van der Waals surface area contributed by atoms with E-state index in [4.69, 9.17) is 9.97 Å². The van der Waals surface area contributed by atoms with Gasteiger partial charge in [0.25, 0.3) is 0 Å². The van der Waals surface area contributed by atoms with E-state index in [0.29, 0.717) is 0 Å². The van der Waals surface area contributed by atoms with Crippen LogP contribution in [0.3, 0.4) is 0 Å². The maximum absolute atomic E-state index is 5.28. The Hall–Kier alpha value is -3.34. The summed E-state index contributed by atoms with van der Waals surface area (Å²) >= 11 is 0. The zero-order chi connectivity index (χ0) is 36.2. The third-order valence-corrected chi connectivity index (χ3v) is 12.2. The van der Waals surface area contributed by atoms with E-state index in [0.717, 1.165) is 50.4 Å². The molecule has 1 radical (unpaired) electrons. The molecule has 0 saturated carbocycles. The second-order valence-electron chi connectivity index (χ2n) is 18.0. The van der Waals surface area contributed by atoms with E-state index >= 15 is 0 Å². The molecule has 0 aliphatic heterocycles. The first kappa shape index (κ1) is 37.9. The largest absolute Gasteiger partial charge is 0.371 e. The van der Waals surface area contributed by atoms with Gasteiger partial charge in [-0.2, -0.15) is 0 Å². The van der Waals surface area contributed by atoms with Crippen molar-refractivity contribution < 1.29 is 20.1 Å². The molecule has 0 saturated heterocycles. The smallest absolute Gasteiger partial charge is 0.0777 e. The van der Waals surface area contributed by atoms with Crippen LogP contribution in [0, 0.1) is 38.3 Å². The van der Waals surface area contributed by atoms with Crippen molar-refractivity contribution in [1.82, 2.24) is 23.9 Å². The second kappa shape index (κ2) is 12.1. The van der Waals surface area contributed by atoms with Crippen molar-refractivity contribution in [3.05, 3.63) is 94.1 Å². The van der Waals surface area contributed by atoms with Crippen molar-refractivity contribution in [2.45, 2.75) is 126 Å². The van der Waals surface area contributed by atoms with Crippen LogP contribution >= 0.6 is 0 Å². The summed E-state index contributed by atoms with van der Waals surface area (Å²) in [6.45, 7) is 34.2. The number of aryl methyl sites for hydroxylation is 2. The molecule has 5 nitrogen and oxygen atoms in total. The van der Waals surface area contributed by atoms with Crippen molar-refractivity contribution >= 4 is 27.6 Å². The second-order valence-corrected chi connectivity index (χ2v) is 18.0. The molecule has 1 aliphatic carbocycles. The van der Waals surface area contributed by atoms with Gasteiger partial charge in [0.2, 0.25) is 0 Å². The number of pyridine rings is 2. The molecule has 4 heterocycles. The zero-order valence-electron chi connectivity index (χ0n) is 33.1. The van der Waals surface area contributed by atoms with Gasteiger partial charge in [0.15, 0.2) is 0 Å². The predicted octanol–water partition coefficient (Wildman–Crippen LogP) is 10.8. The first-order valence-electron chi connectivity index (χ1n) is 17.7. The third kappa shape index (κ3) is 5.66. The molecule has 4 aromatic heterocycles. The van der Waals surface area contributed by atoms with Gasteiger partial charge in [-0.05, 0) is 70.0 Å². The number of benzene rings is 2. The minimum absolute atomic E-state index is 0. The molecule has 0 unspecified atom stereocenters. The summed E-state index contributed by atoms with van der Waals surface area (Å²) in [5.41, 5.74) is 14.0. The van der Waals surface area contributed by atoms with Crippen LogP contribution in [0.4, 0.5) is 0 Å². The van der Waals surface area contributed by atoms with Gasteiger partial charge in [0, 0.05) is 49.6 Å². The number of hydrogen-bond donors (Lipinski definition) is 0. The number of hydrogen-bond acceptors (Lipinski definition) is 3. The Kier molecular flexibility index (Phi) is 9.19. The summed E-state index contributed by atoms with van der Waals surface area (Å²) in [5.74, 6) is 0.987. The summed E-state index contributed by atoms with van der Waals surface area (Å²) in [6.07, 6.45) is 0. The van der Waals surface area contributed by atoms with E-state index in [-0.39, 0.29) is 47.2 Å². The first-order chi connectivity index (χ1) is 22.5. The van der Waals surface area contributed by atoms with Crippen LogP contribution in [-0.2, 0) is 48.8 Å². The van der Waals surface area contributed by atoms with Gasteiger partial charge < -0.3 is 14.0 Å². The molecular formula is C44H55IrN5-2. The van der Waals surface area contributed by atoms with Gasteiger partial charge in [-0.15, -0.1) is 47.5 Å². The first-order valence-corrected chi connectivity index (χ1v) is 17.7. The monoisotopic (exact) mass is 846 g/mol. The van der Waals surface area contributed by atoms with Crippen molar-refractivity contribution in [3.8, 4) is 11.4 Å². The van der Waals surface area contributed by atoms with Crippen LogP contribution < -0.4 is 0 Å². The van der Waals surface area contributed by atoms with Crippen molar-refractivity contribution in [2.24, 2.45) is 12.5 Å². The number of imidazole rings is 2. The fraction of sp³-hybridized carbons (Fsp3) is 0.477. The van der Waals surface area contributed by atoms with Crippen molar-refractivity contribution in [1.29, 1.82) is 0 Å². The Morgan fingerprint density at radius 2 is 1.36 bits per heavy atom. The molecule has 0 spiro atoms. The molecule has 267 valence electrons. The molecule has 1 aliphatic rings. The summed E-state index contributed by atoms with van der Waals surface area (Å²) in [5, 5.41) is 1.01. The van der Waals surface area contributed by atoms with Crippen molar-refractivity contribution in [3.63, 3.8) is 0 Å². The van der Waals surface area contributed by atoms with E-state index in [9.17, 15) is 0 Å². The Labute approximate surface area is 313 Å². The van der Waals surface area contributed by atoms with Crippen LogP contribution in [0.25, 0.3) is 39.0 Å². The van der Waals surface area contributed by atoms with Crippen LogP contribution in [0.1, 0.15) is 123 Å². The van der Waals surface area contributed by atoms with E-state index < -0.39 is 0 Å². The maximum atomic E-state index is 5.28. The molecule has 0 amide bonds.